The van der Waals surface area contributed by atoms with Crippen LogP contribution in [0.5, 0.6) is 11.9 Å². The van der Waals surface area contributed by atoms with Crippen LogP contribution >= 0.6 is 0 Å². The number of ether oxygens (including phenoxy) is 2. The Labute approximate surface area is 108 Å². The lowest BCUT2D eigenvalue weighted by atomic mass is 10.1. The molecular weight excluding hydrogens is 228 g/mol. The van der Waals surface area contributed by atoms with Crippen molar-refractivity contribution < 1.29 is 9.47 Å². The zero-order chi connectivity index (χ0) is 13.0. The molecule has 1 aliphatic carbocycles. The molecule has 0 saturated carbocycles. The summed E-state index contributed by atoms with van der Waals surface area (Å²) in [6, 6.07) is 0.383. The van der Waals surface area contributed by atoms with Crippen molar-refractivity contribution in [3.8, 4) is 11.9 Å². The number of hydrogen-bond acceptors (Lipinski definition) is 4. The van der Waals surface area contributed by atoms with E-state index >= 15 is 0 Å². The molecule has 1 heterocycles. The van der Waals surface area contributed by atoms with E-state index < -0.39 is 0 Å². The summed E-state index contributed by atoms with van der Waals surface area (Å²) in [7, 11) is 3.22. The highest BCUT2D eigenvalue weighted by molar-refractivity contribution is 5.72. The SMILES string of the molecule is CCCCCC1=CCc2c(OC)nc(OC)nc21. The molecule has 0 aromatic carbocycles. The van der Waals surface area contributed by atoms with Crippen LogP contribution in [-0.4, -0.2) is 24.2 Å². The number of aromatic nitrogens is 2. The van der Waals surface area contributed by atoms with Gasteiger partial charge in [-0.3, -0.25) is 0 Å². The van der Waals surface area contributed by atoms with Gasteiger partial charge >= 0.3 is 6.01 Å². The van der Waals surface area contributed by atoms with E-state index in [4.69, 9.17) is 9.47 Å². The maximum absolute atomic E-state index is 5.31. The first-order chi connectivity index (χ1) is 8.80. The average Bonchev–Trinajstić information content (AvgIpc) is 2.81. The van der Waals surface area contributed by atoms with Crippen LogP contribution in [-0.2, 0) is 6.42 Å². The fraction of sp³-hybridized carbons (Fsp3) is 0.571. The normalized spacial score (nSPS) is 13.2. The van der Waals surface area contributed by atoms with Crippen molar-refractivity contribution in [1.82, 2.24) is 9.97 Å². The highest BCUT2D eigenvalue weighted by Crippen LogP contribution is 2.35. The number of methoxy groups -OCH3 is 2. The quantitative estimate of drug-likeness (QED) is 0.726. The van der Waals surface area contributed by atoms with Gasteiger partial charge in [-0.2, -0.15) is 9.97 Å². The predicted octanol–water partition coefficient (Wildman–Crippen LogP) is 3.01. The molecule has 2 rings (SSSR count). The van der Waals surface area contributed by atoms with Crippen LogP contribution in [0.3, 0.4) is 0 Å². The van der Waals surface area contributed by atoms with Crippen LogP contribution < -0.4 is 9.47 Å². The molecule has 0 bridgehead atoms. The van der Waals surface area contributed by atoms with Crippen molar-refractivity contribution in [3.05, 3.63) is 17.3 Å². The number of unbranched alkanes of at least 4 members (excludes halogenated alkanes) is 2. The van der Waals surface area contributed by atoms with Gasteiger partial charge in [-0.25, -0.2) is 0 Å². The first kappa shape index (κ1) is 12.9. The smallest absolute Gasteiger partial charge is 0.320 e. The minimum absolute atomic E-state index is 0.383. The minimum atomic E-state index is 0.383. The van der Waals surface area contributed by atoms with E-state index in [0.29, 0.717) is 11.9 Å². The number of nitrogens with zero attached hydrogens (tertiary/aromatic N) is 2. The van der Waals surface area contributed by atoms with Gasteiger partial charge < -0.3 is 9.47 Å². The van der Waals surface area contributed by atoms with Crippen molar-refractivity contribution in [1.29, 1.82) is 0 Å². The zero-order valence-corrected chi connectivity index (χ0v) is 11.3. The summed E-state index contributed by atoms with van der Waals surface area (Å²) in [5, 5.41) is 0. The highest BCUT2D eigenvalue weighted by Gasteiger charge is 2.22. The molecule has 0 spiro atoms. The third-order valence-electron chi connectivity index (χ3n) is 3.23. The van der Waals surface area contributed by atoms with E-state index in [1.165, 1.54) is 24.8 Å². The highest BCUT2D eigenvalue weighted by atomic mass is 16.5. The van der Waals surface area contributed by atoms with E-state index in [2.05, 4.69) is 23.0 Å². The first-order valence-corrected chi connectivity index (χ1v) is 6.48. The molecule has 0 saturated heterocycles. The van der Waals surface area contributed by atoms with Crippen molar-refractivity contribution in [2.45, 2.75) is 39.0 Å². The molecule has 1 aromatic heterocycles. The van der Waals surface area contributed by atoms with Gasteiger partial charge in [-0.05, 0) is 24.8 Å². The van der Waals surface area contributed by atoms with Crippen molar-refractivity contribution in [2.24, 2.45) is 0 Å². The van der Waals surface area contributed by atoms with E-state index in [1.54, 1.807) is 14.2 Å². The van der Waals surface area contributed by atoms with Gasteiger partial charge in [-0.1, -0.05) is 25.8 Å². The molecule has 1 aliphatic rings. The summed E-state index contributed by atoms with van der Waals surface area (Å²) in [6.07, 6.45) is 7.87. The van der Waals surface area contributed by atoms with Gasteiger partial charge in [0.25, 0.3) is 0 Å². The number of rotatable bonds is 6. The van der Waals surface area contributed by atoms with Crippen LogP contribution in [0.2, 0.25) is 0 Å². The molecule has 0 unspecified atom stereocenters. The van der Waals surface area contributed by atoms with Gasteiger partial charge in [0.05, 0.1) is 19.9 Å². The monoisotopic (exact) mass is 248 g/mol. The molecule has 0 aliphatic heterocycles. The average molecular weight is 248 g/mol. The summed E-state index contributed by atoms with van der Waals surface area (Å²) in [4.78, 5) is 8.68. The topological polar surface area (TPSA) is 44.2 Å². The molecular formula is C14H20N2O2. The summed E-state index contributed by atoms with van der Waals surface area (Å²) < 4.78 is 10.4. The van der Waals surface area contributed by atoms with Gasteiger partial charge in [0, 0.05) is 5.56 Å². The van der Waals surface area contributed by atoms with E-state index in [1.807, 2.05) is 0 Å². The molecule has 4 nitrogen and oxygen atoms in total. The molecule has 18 heavy (non-hydrogen) atoms. The van der Waals surface area contributed by atoms with Gasteiger partial charge in [-0.15, -0.1) is 0 Å². The Morgan fingerprint density at radius 3 is 2.67 bits per heavy atom. The second-order valence-electron chi connectivity index (χ2n) is 4.44. The Balaban J connectivity index is 2.23. The Kier molecular flexibility index (Phi) is 4.18. The fourth-order valence-corrected chi connectivity index (χ4v) is 2.26. The lowest BCUT2D eigenvalue weighted by Gasteiger charge is -2.09. The fourth-order valence-electron chi connectivity index (χ4n) is 2.26. The minimum Gasteiger partial charge on any atom is -0.481 e. The third kappa shape index (κ3) is 2.47. The summed E-state index contributed by atoms with van der Waals surface area (Å²) in [5.74, 6) is 0.638. The molecule has 4 heteroatoms. The lowest BCUT2D eigenvalue weighted by Crippen LogP contribution is -2.02. The van der Waals surface area contributed by atoms with Crippen LogP contribution in [0.4, 0.5) is 0 Å². The maximum atomic E-state index is 5.31. The molecule has 0 radical (unpaired) electrons. The molecule has 0 fully saturated rings. The number of allylic oxidation sites excluding steroid dienone is 2. The number of hydrogen-bond donors (Lipinski definition) is 0. The lowest BCUT2D eigenvalue weighted by molar-refractivity contribution is 0.349. The number of fused-ring (bicyclic) bond motifs is 1. The Morgan fingerprint density at radius 2 is 2.00 bits per heavy atom. The zero-order valence-electron chi connectivity index (χ0n) is 11.3. The van der Waals surface area contributed by atoms with E-state index in [9.17, 15) is 0 Å². The second kappa shape index (κ2) is 5.85. The van der Waals surface area contributed by atoms with Crippen molar-refractivity contribution in [2.75, 3.05) is 14.2 Å². The summed E-state index contributed by atoms with van der Waals surface area (Å²) in [6.45, 7) is 2.21. The van der Waals surface area contributed by atoms with Crippen LogP contribution in [0.15, 0.2) is 6.08 Å². The Hall–Kier alpha value is -1.58. The van der Waals surface area contributed by atoms with Crippen LogP contribution in [0.25, 0.3) is 5.57 Å². The molecule has 0 N–H and O–H groups in total. The van der Waals surface area contributed by atoms with Crippen molar-refractivity contribution >= 4 is 5.57 Å². The molecule has 98 valence electrons. The second-order valence-corrected chi connectivity index (χ2v) is 4.44. The van der Waals surface area contributed by atoms with Crippen LogP contribution in [0, 0.1) is 0 Å². The van der Waals surface area contributed by atoms with E-state index in [-0.39, 0.29) is 0 Å². The van der Waals surface area contributed by atoms with Gasteiger partial charge in [0.2, 0.25) is 5.88 Å². The van der Waals surface area contributed by atoms with E-state index in [0.717, 1.165) is 24.1 Å². The molecule has 0 atom stereocenters. The first-order valence-electron chi connectivity index (χ1n) is 6.48. The molecule has 1 aromatic rings. The van der Waals surface area contributed by atoms with Gasteiger partial charge in [0.1, 0.15) is 0 Å². The molecule has 0 amide bonds. The summed E-state index contributed by atoms with van der Waals surface area (Å²) >= 11 is 0. The van der Waals surface area contributed by atoms with Gasteiger partial charge in [0.15, 0.2) is 0 Å². The Morgan fingerprint density at radius 1 is 1.17 bits per heavy atom. The van der Waals surface area contributed by atoms with Crippen molar-refractivity contribution in [3.63, 3.8) is 0 Å². The summed E-state index contributed by atoms with van der Waals surface area (Å²) in [5.41, 5.74) is 3.40. The predicted molar refractivity (Wildman–Crippen MR) is 71.0 cm³/mol. The maximum Gasteiger partial charge on any atom is 0.320 e. The standard InChI is InChI=1S/C14H20N2O2/c1-4-5-6-7-10-8-9-11-12(10)15-14(18-3)16-13(11)17-2/h8H,4-7,9H2,1-3H3. The Bertz CT molecular complexity index is 455. The van der Waals surface area contributed by atoms with Crippen LogP contribution in [0.1, 0.15) is 43.9 Å². The third-order valence-corrected chi connectivity index (χ3v) is 3.23. The largest absolute Gasteiger partial charge is 0.481 e.